The van der Waals surface area contributed by atoms with Crippen molar-refractivity contribution in [3.05, 3.63) is 71.0 Å². The van der Waals surface area contributed by atoms with Crippen molar-refractivity contribution in [2.45, 2.75) is 38.0 Å². The molecule has 0 saturated carbocycles. The minimum Gasteiger partial charge on any atom is -0.349 e. The lowest BCUT2D eigenvalue weighted by atomic mass is 10.0. The van der Waals surface area contributed by atoms with Gasteiger partial charge >= 0.3 is 6.18 Å². The molecule has 0 aromatic heterocycles. The number of hydrogen-bond donors (Lipinski definition) is 0. The zero-order chi connectivity index (χ0) is 24.1. The fourth-order valence-corrected chi connectivity index (χ4v) is 4.12. The number of likely N-dealkylation sites (tertiary alicyclic amines) is 1. The van der Waals surface area contributed by atoms with Crippen LogP contribution in [0.15, 0.2) is 48.5 Å². The van der Waals surface area contributed by atoms with Crippen LogP contribution >= 0.6 is 0 Å². The highest BCUT2D eigenvalue weighted by molar-refractivity contribution is 5.27. The molecule has 0 spiro atoms. The van der Waals surface area contributed by atoms with Crippen LogP contribution in [0.1, 0.15) is 42.2 Å². The minimum atomic E-state index is -4.43. The van der Waals surface area contributed by atoms with Crippen LogP contribution in [0.4, 0.5) is 17.6 Å². The number of benzene rings is 2. The van der Waals surface area contributed by atoms with E-state index < -0.39 is 24.1 Å². The molecule has 3 atom stereocenters. The molecule has 0 amide bonds. The van der Waals surface area contributed by atoms with Crippen LogP contribution in [-0.4, -0.2) is 55.4 Å². The van der Waals surface area contributed by atoms with Gasteiger partial charge in [-0.05, 0) is 48.7 Å². The van der Waals surface area contributed by atoms with Crippen LogP contribution in [0.5, 0.6) is 0 Å². The molecule has 4 rings (SSSR count). The molecule has 0 aliphatic carbocycles. The van der Waals surface area contributed by atoms with Crippen molar-refractivity contribution in [3.63, 3.8) is 0 Å². The Labute approximate surface area is 197 Å². The highest BCUT2D eigenvalue weighted by Crippen LogP contribution is 2.35. The summed E-state index contributed by atoms with van der Waals surface area (Å²) in [5.41, 5.74) is 0.480. The summed E-state index contributed by atoms with van der Waals surface area (Å²) in [4.78, 5) is 4.38. The number of morpholine rings is 1. The molecule has 2 heterocycles. The molecule has 34 heavy (non-hydrogen) atoms. The van der Waals surface area contributed by atoms with E-state index in [-0.39, 0.29) is 11.9 Å². The van der Waals surface area contributed by atoms with Gasteiger partial charge in [0.05, 0.1) is 37.4 Å². The summed E-state index contributed by atoms with van der Waals surface area (Å²) >= 11 is 0. The second kappa shape index (κ2) is 10.9. The van der Waals surface area contributed by atoms with Crippen LogP contribution in [0, 0.1) is 17.7 Å². The molecule has 0 bridgehead atoms. The van der Waals surface area contributed by atoms with Crippen molar-refractivity contribution in [1.82, 2.24) is 9.80 Å². The zero-order valence-corrected chi connectivity index (χ0v) is 19.0. The highest BCUT2D eigenvalue weighted by atomic mass is 19.4. The lowest BCUT2D eigenvalue weighted by Gasteiger charge is -2.41. The maximum Gasteiger partial charge on any atom is 0.416 e. The summed E-state index contributed by atoms with van der Waals surface area (Å²) in [5.74, 6) is 6.07. The summed E-state index contributed by atoms with van der Waals surface area (Å²) in [6, 6.07) is 10.9. The Hall–Kier alpha value is -2.44. The summed E-state index contributed by atoms with van der Waals surface area (Å²) in [6.07, 6.45) is -4.62. The van der Waals surface area contributed by atoms with Gasteiger partial charge in [0.1, 0.15) is 5.82 Å². The van der Waals surface area contributed by atoms with Gasteiger partial charge in [0.25, 0.3) is 0 Å². The lowest BCUT2D eigenvalue weighted by molar-refractivity contribution is -0.228. The topological polar surface area (TPSA) is 24.9 Å². The molecular formula is C26H28F4N2O2. The first kappa shape index (κ1) is 24.7. The number of ether oxygens (including phenoxy) is 2. The molecule has 0 N–H and O–H groups in total. The summed E-state index contributed by atoms with van der Waals surface area (Å²) in [6.45, 7) is 6.08. The first-order valence-electron chi connectivity index (χ1n) is 11.4. The van der Waals surface area contributed by atoms with Crippen molar-refractivity contribution in [1.29, 1.82) is 0 Å². The summed E-state index contributed by atoms with van der Waals surface area (Å²) < 4.78 is 65.2. The molecular weight excluding hydrogens is 448 g/mol. The highest BCUT2D eigenvalue weighted by Gasteiger charge is 2.36. The smallest absolute Gasteiger partial charge is 0.349 e. The van der Waals surface area contributed by atoms with Crippen molar-refractivity contribution in [2.75, 3.05) is 39.3 Å². The van der Waals surface area contributed by atoms with E-state index in [9.17, 15) is 17.6 Å². The van der Waals surface area contributed by atoms with Gasteiger partial charge < -0.3 is 9.47 Å². The maximum absolute atomic E-state index is 13.6. The summed E-state index contributed by atoms with van der Waals surface area (Å²) in [7, 11) is 0. The quantitative estimate of drug-likeness (QED) is 0.431. The fourth-order valence-electron chi connectivity index (χ4n) is 4.12. The van der Waals surface area contributed by atoms with Gasteiger partial charge in [-0.3, -0.25) is 9.80 Å². The van der Waals surface area contributed by atoms with Crippen LogP contribution in [0.3, 0.4) is 0 Å². The van der Waals surface area contributed by atoms with Crippen LogP contribution in [0.2, 0.25) is 0 Å². The van der Waals surface area contributed by atoms with E-state index in [1.165, 1.54) is 24.6 Å². The second-order valence-corrected chi connectivity index (χ2v) is 8.59. The van der Waals surface area contributed by atoms with Gasteiger partial charge in [-0.25, -0.2) is 4.39 Å². The van der Waals surface area contributed by atoms with E-state index in [2.05, 4.69) is 21.6 Å². The Morgan fingerprint density at radius 3 is 2.47 bits per heavy atom. The Morgan fingerprint density at radius 2 is 1.79 bits per heavy atom. The lowest BCUT2D eigenvalue weighted by Crippen LogP contribution is -2.47. The molecule has 1 unspecified atom stereocenters. The van der Waals surface area contributed by atoms with Crippen molar-refractivity contribution in [3.8, 4) is 11.8 Å². The van der Waals surface area contributed by atoms with E-state index in [0.717, 1.165) is 37.3 Å². The van der Waals surface area contributed by atoms with Crippen molar-refractivity contribution in [2.24, 2.45) is 0 Å². The average molecular weight is 477 g/mol. The van der Waals surface area contributed by atoms with E-state index in [0.29, 0.717) is 25.3 Å². The van der Waals surface area contributed by atoms with Gasteiger partial charge in [0.2, 0.25) is 0 Å². The third kappa shape index (κ3) is 6.16. The molecule has 182 valence electrons. The largest absolute Gasteiger partial charge is 0.416 e. The number of alkyl halides is 3. The number of halogens is 4. The molecule has 2 fully saturated rings. The van der Waals surface area contributed by atoms with Gasteiger partial charge in [-0.1, -0.05) is 36.1 Å². The fraction of sp³-hybridized carbons (Fsp3) is 0.462. The van der Waals surface area contributed by atoms with Crippen molar-refractivity contribution >= 4 is 0 Å². The van der Waals surface area contributed by atoms with Crippen LogP contribution < -0.4 is 0 Å². The van der Waals surface area contributed by atoms with Crippen molar-refractivity contribution < 1.29 is 27.0 Å². The van der Waals surface area contributed by atoms with Gasteiger partial charge in [0, 0.05) is 19.6 Å². The predicted molar refractivity (Wildman–Crippen MR) is 120 cm³/mol. The van der Waals surface area contributed by atoms with Gasteiger partial charge in [-0.2, -0.15) is 13.2 Å². The van der Waals surface area contributed by atoms with E-state index in [1.54, 1.807) is 25.1 Å². The number of hydrogen-bond acceptors (Lipinski definition) is 4. The molecule has 2 saturated heterocycles. The van der Waals surface area contributed by atoms with Gasteiger partial charge in [-0.15, -0.1) is 0 Å². The molecule has 2 aromatic carbocycles. The van der Waals surface area contributed by atoms with E-state index in [1.807, 2.05) is 0 Å². The van der Waals surface area contributed by atoms with Gasteiger partial charge in [0.15, 0.2) is 6.29 Å². The SMILES string of the molecule is CC(O[C@H]1OCCN(CC#CCN2CCC2)[C@H]1c1ccc(F)cc1)c1cccc(C(F)(F)F)c1. The Bertz CT molecular complexity index is 1010. The molecule has 2 aromatic rings. The number of nitrogens with zero attached hydrogens (tertiary/aromatic N) is 2. The standard InChI is InChI=1S/C26H28F4N2O2/c1-19(21-6-4-7-22(18-21)26(28,29)30)34-25-24(20-8-10-23(27)11-9-20)32(16-17-33-25)15-3-2-12-31-13-5-14-31/h4,6-11,18-19,24-25H,5,12-17H2,1H3/t19?,24-,25+/m0/s1. The third-order valence-corrected chi connectivity index (χ3v) is 6.20. The molecule has 0 radical (unpaired) electrons. The Kier molecular flexibility index (Phi) is 7.89. The first-order chi connectivity index (χ1) is 16.3. The normalized spacial score (nSPS) is 22.5. The Balaban J connectivity index is 1.52. The number of rotatable bonds is 6. The van der Waals surface area contributed by atoms with E-state index >= 15 is 0 Å². The van der Waals surface area contributed by atoms with Crippen LogP contribution in [-0.2, 0) is 15.7 Å². The zero-order valence-electron chi connectivity index (χ0n) is 19.0. The predicted octanol–water partition coefficient (Wildman–Crippen LogP) is 5.03. The minimum absolute atomic E-state index is 0.351. The monoisotopic (exact) mass is 476 g/mol. The molecule has 4 nitrogen and oxygen atoms in total. The molecule has 8 heteroatoms. The second-order valence-electron chi connectivity index (χ2n) is 8.59. The first-order valence-corrected chi connectivity index (χ1v) is 11.4. The summed E-state index contributed by atoms with van der Waals surface area (Å²) in [5, 5.41) is 0. The third-order valence-electron chi connectivity index (χ3n) is 6.20. The average Bonchev–Trinajstić information content (AvgIpc) is 2.78. The Morgan fingerprint density at radius 1 is 1.06 bits per heavy atom. The van der Waals surface area contributed by atoms with Crippen LogP contribution in [0.25, 0.3) is 0 Å². The van der Waals surface area contributed by atoms with E-state index in [4.69, 9.17) is 9.47 Å². The maximum atomic E-state index is 13.6. The molecule has 2 aliphatic heterocycles. The molecule has 2 aliphatic rings.